The number of carbonyl (C=O) groups is 1. The van der Waals surface area contributed by atoms with Crippen LogP contribution in [0.4, 0.5) is 5.69 Å². The Morgan fingerprint density at radius 3 is 2.75 bits per heavy atom. The van der Waals surface area contributed by atoms with Crippen LogP contribution < -0.4 is 10.7 Å². The molecule has 0 radical (unpaired) electrons. The van der Waals surface area contributed by atoms with Gasteiger partial charge in [0.25, 0.3) is 0 Å². The van der Waals surface area contributed by atoms with Crippen molar-refractivity contribution < 1.29 is 4.79 Å². The van der Waals surface area contributed by atoms with E-state index in [1.807, 2.05) is 61.0 Å². The third-order valence-electron chi connectivity index (χ3n) is 4.68. The summed E-state index contributed by atoms with van der Waals surface area (Å²) in [5.74, 6) is 0.728. The Hall–Kier alpha value is -2.51. The summed E-state index contributed by atoms with van der Waals surface area (Å²) in [5.41, 5.74) is 6.10. The SMILES string of the molecule is CCc1nnc2n1N[C@H](c1ccccc1)[C@@H](C(=O)Nc1ccc(C)c(Cl)c1)S2. The van der Waals surface area contributed by atoms with Crippen LogP contribution in [-0.2, 0) is 11.2 Å². The van der Waals surface area contributed by atoms with Crippen molar-refractivity contribution in [2.24, 2.45) is 0 Å². The minimum Gasteiger partial charge on any atom is -0.325 e. The molecular formula is C20H20ClN5OS. The van der Waals surface area contributed by atoms with Gasteiger partial charge in [0.15, 0.2) is 5.82 Å². The second-order valence-corrected chi connectivity index (χ2v) is 8.11. The standard InChI is InChI=1S/C20H20ClN5OS/c1-3-16-23-24-20-26(16)25-17(13-7-5-4-6-8-13)18(28-20)19(27)22-14-10-9-12(2)15(21)11-14/h4-11,17-18,25H,3H2,1-2H3,(H,22,27)/t17-,18+/m1/s1. The van der Waals surface area contributed by atoms with Crippen molar-refractivity contribution >= 4 is 35.0 Å². The lowest BCUT2D eigenvalue weighted by atomic mass is 10.0. The van der Waals surface area contributed by atoms with E-state index in [2.05, 4.69) is 20.9 Å². The van der Waals surface area contributed by atoms with Crippen molar-refractivity contribution in [3.63, 3.8) is 0 Å². The number of amides is 1. The van der Waals surface area contributed by atoms with Crippen molar-refractivity contribution in [3.8, 4) is 0 Å². The van der Waals surface area contributed by atoms with Crippen LogP contribution >= 0.6 is 23.4 Å². The van der Waals surface area contributed by atoms with E-state index in [1.54, 1.807) is 6.07 Å². The molecule has 0 saturated heterocycles. The van der Waals surface area contributed by atoms with E-state index in [-0.39, 0.29) is 11.9 Å². The Balaban J connectivity index is 1.65. The number of rotatable bonds is 4. The highest BCUT2D eigenvalue weighted by molar-refractivity contribution is 8.00. The minimum atomic E-state index is -0.413. The molecule has 2 atom stereocenters. The Bertz CT molecular complexity index is 1010. The largest absolute Gasteiger partial charge is 0.325 e. The second kappa shape index (κ2) is 7.85. The quantitative estimate of drug-likeness (QED) is 0.670. The van der Waals surface area contributed by atoms with Crippen molar-refractivity contribution in [1.29, 1.82) is 0 Å². The molecule has 1 amide bonds. The molecular weight excluding hydrogens is 394 g/mol. The molecule has 0 unspecified atom stereocenters. The summed E-state index contributed by atoms with van der Waals surface area (Å²) in [6.07, 6.45) is 0.751. The van der Waals surface area contributed by atoms with Gasteiger partial charge in [-0.3, -0.25) is 4.79 Å². The lowest BCUT2D eigenvalue weighted by Gasteiger charge is -2.33. The molecule has 2 aromatic carbocycles. The first-order valence-electron chi connectivity index (χ1n) is 9.06. The van der Waals surface area contributed by atoms with E-state index < -0.39 is 5.25 Å². The smallest absolute Gasteiger partial charge is 0.240 e. The van der Waals surface area contributed by atoms with Crippen molar-refractivity contribution in [1.82, 2.24) is 14.9 Å². The average molecular weight is 414 g/mol. The van der Waals surface area contributed by atoms with E-state index in [0.717, 1.165) is 23.4 Å². The van der Waals surface area contributed by atoms with Crippen molar-refractivity contribution in [2.45, 2.75) is 36.7 Å². The summed E-state index contributed by atoms with van der Waals surface area (Å²) >= 11 is 7.62. The summed E-state index contributed by atoms with van der Waals surface area (Å²) in [7, 11) is 0. The zero-order chi connectivity index (χ0) is 19.7. The van der Waals surface area contributed by atoms with Gasteiger partial charge in [-0.2, -0.15) is 0 Å². The first kappa shape index (κ1) is 18.8. The van der Waals surface area contributed by atoms with E-state index in [4.69, 9.17) is 11.6 Å². The summed E-state index contributed by atoms with van der Waals surface area (Å²) in [4.78, 5) is 13.2. The van der Waals surface area contributed by atoms with Crippen LogP contribution in [0.3, 0.4) is 0 Å². The van der Waals surface area contributed by atoms with Gasteiger partial charge in [-0.25, -0.2) is 4.68 Å². The number of aromatic nitrogens is 3. The van der Waals surface area contributed by atoms with Gasteiger partial charge in [0.1, 0.15) is 5.25 Å². The third-order valence-corrected chi connectivity index (χ3v) is 6.30. The first-order valence-corrected chi connectivity index (χ1v) is 10.3. The number of nitrogens with one attached hydrogen (secondary N) is 2. The van der Waals surface area contributed by atoms with Crippen LogP contribution in [0.2, 0.25) is 5.02 Å². The lowest BCUT2D eigenvalue weighted by molar-refractivity contribution is -0.116. The number of hydrogen-bond donors (Lipinski definition) is 2. The number of carbonyl (C=O) groups excluding carboxylic acids is 1. The number of aryl methyl sites for hydroxylation is 2. The maximum Gasteiger partial charge on any atom is 0.240 e. The van der Waals surface area contributed by atoms with Gasteiger partial charge in [0.05, 0.1) is 6.04 Å². The molecule has 1 aliphatic rings. The fraction of sp³-hybridized carbons (Fsp3) is 0.250. The molecule has 1 aromatic heterocycles. The molecule has 3 aromatic rings. The van der Waals surface area contributed by atoms with Crippen LogP contribution in [0, 0.1) is 6.92 Å². The molecule has 1 aliphatic heterocycles. The van der Waals surface area contributed by atoms with Gasteiger partial charge in [0, 0.05) is 17.1 Å². The molecule has 0 saturated carbocycles. The Kier molecular flexibility index (Phi) is 5.28. The van der Waals surface area contributed by atoms with E-state index in [9.17, 15) is 4.79 Å². The number of benzene rings is 2. The van der Waals surface area contributed by atoms with Gasteiger partial charge in [-0.1, -0.05) is 66.7 Å². The molecule has 2 N–H and O–H groups in total. The van der Waals surface area contributed by atoms with Gasteiger partial charge in [0.2, 0.25) is 11.1 Å². The normalized spacial score (nSPS) is 18.2. The number of anilines is 1. The molecule has 4 rings (SSSR count). The van der Waals surface area contributed by atoms with Gasteiger partial charge in [-0.05, 0) is 30.2 Å². The average Bonchev–Trinajstić information content (AvgIpc) is 3.12. The van der Waals surface area contributed by atoms with E-state index >= 15 is 0 Å². The minimum absolute atomic E-state index is 0.112. The lowest BCUT2D eigenvalue weighted by Crippen LogP contribution is -2.41. The predicted molar refractivity (Wildman–Crippen MR) is 112 cm³/mol. The number of halogens is 1. The highest BCUT2D eigenvalue weighted by atomic mass is 35.5. The van der Waals surface area contributed by atoms with Crippen LogP contribution in [0.1, 0.15) is 29.9 Å². The van der Waals surface area contributed by atoms with Crippen LogP contribution in [0.5, 0.6) is 0 Å². The monoisotopic (exact) mass is 413 g/mol. The molecule has 144 valence electrons. The first-order chi connectivity index (χ1) is 13.6. The van der Waals surface area contributed by atoms with Crippen molar-refractivity contribution in [2.75, 3.05) is 10.7 Å². The van der Waals surface area contributed by atoms with Crippen LogP contribution in [0.25, 0.3) is 0 Å². The summed E-state index contributed by atoms with van der Waals surface area (Å²) in [5, 5.41) is 12.3. The van der Waals surface area contributed by atoms with Crippen molar-refractivity contribution in [3.05, 3.63) is 70.5 Å². The van der Waals surface area contributed by atoms with Crippen LogP contribution in [-0.4, -0.2) is 26.0 Å². The number of hydrogen-bond acceptors (Lipinski definition) is 5. The fourth-order valence-electron chi connectivity index (χ4n) is 3.12. The predicted octanol–water partition coefficient (Wildman–Crippen LogP) is 4.20. The van der Waals surface area contributed by atoms with Gasteiger partial charge < -0.3 is 10.7 Å². The summed E-state index contributed by atoms with van der Waals surface area (Å²) in [6, 6.07) is 15.2. The maximum absolute atomic E-state index is 13.2. The topological polar surface area (TPSA) is 71.8 Å². The molecule has 0 aliphatic carbocycles. The van der Waals surface area contributed by atoms with Crippen LogP contribution in [0.15, 0.2) is 53.7 Å². The molecule has 0 bridgehead atoms. The molecule has 2 heterocycles. The highest BCUT2D eigenvalue weighted by Gasteiger charge is 2.37. The second-order valence-electron chi connectivity index (χ2n) is 6.60. The highest BCUT2D eigenvalue weighted by Crippen LogP contribution is 2.37. The zero-order valence-corrected chi connectivity index (χ0v) is 17.1. The van der Waals surface area contributed by atoms with E-state index in [0.29, 0.717) is 15.9 Å². The zero-order valence-electron chi connectivity index (χ0n) is 15.5. The Morgan fingerprint density at radius 2 is 2.04 bits per heavy atom. The third kappa shape index (κ3) is 3.59. The summed E-state index contributed by atoms with van der Waals surface area (Å²) in [6.45, 7) is 3.96. The number of fused-ring (bicyclic) bond motifs is 1. The molecule has 6 nitrogen and oxygen atoms in total. The molecule has 8 heteroatoms. The number of nitrogens with zero attached hydrogens (tertiary/aromatic N) is 3. The molecule has 28 heavy (non-hydrogen) atoms. The molecule has 0 fully saturated rings. The fourth-order valence-corrected chi connectivity index (χ4v) is 4.40. The Morgan fingerprint density at radius 1 is 1.25 bits per heavy atom. The van der Waals surface area contributed by atoms with E-state index in [1.165, 1.54) is 11.8 Å². The Labute approximate surface area is 172 Å². The molecule has 0 spiro atoms. The van der Waals surface area contributed by atoms with Gasteiger partial charge in [-0.15, -0.1) is 10.2 Å². The maximum atomic E-state index is 13.2. The summed E-state index contributed by atoms with van der Waals surface area (Å²) < 4.78 is 1.88. The van der Waals surface area contributed by atoms with Gasteiger partial charge >= 0.3 is 0 Å². The number of thioether (sulfide) groups is 1.